The second-order valence-electron chi connectivity index (χ2n) is 6.75. The van der Waals surface area contributed by atoms with Gasteiger partial charge in [-0.05, 0) is 48.7 Å². The molecule has 2 aromatic carbocycles. The number of halogens is 1. The highest BCUT2D eigenvalue weighted by atomic mass is 19.1. The number of ether oxygens (including phenoxy) is 1. The summed E-state index contributed by atoms with van der Waals surface area (Å²) in [6.45, 7) is 0. The van der Waals surface area contributed by atoms with E-state index in [-0.39, 0.29) is 34.1 Å². The molecule has 0 saturated heterocycles. The van der Waals surface area contributed by atoms with Crippen LogP contribution in [-0.2, 0) is 4.79 Å². The number of anilines is 1. The number of hydrogen-bond acceptors (Lipinski definition) is 5. The third kappa shape index (κ3) is 4.11. The molecule has 3 rings (SSSR count). The van der Waals surface area contributed by atoms with Gasteiger partial charge in [0.15, 0.2) is 0 Å². The van der Waals surface area contributed by atoms with Crippen LogP contribution in [0.2, 0.25) is 0 Å². The van der Waals surface area contributed by atoms with Gasteiger partial charge in [0.05, 0.1) is 23.9 Å². The van der Waals surface area contributed by atoms with Gasteiger partial charge in [-0.1, -0.05) is 18.2 Å². The van der Waals surface area contributed by atoms with E-state index in [1.165, 1.54) is 37.5 Å². The van der Waals surface area contributed by atoms with Crippen molar-refractivity contribution in [1.82, 2.24) is 5.32 Å². The molecular weight excluding hydrogens is 377 g/mol. The van der Waals surface area contributed by atoms with Crippen molar-refractivity contribution in [3.8, 4) is 5.75 Å². The van der Waals surface area contributed by atoms with E-state index in [1.54, 1.807) is 18.2 Å². The second kappa shape index (κ2) is 7.75. The molecule has 0 spiro atoms. The highest BCUT2D eigenvalue weighted by molar-refractivity contribution is 6.16. The first-order chi connectivity index (χ1) is 13.8. The molecule has 2 aromatic rings. The lowest BCUT2D eigenvalue weighted by Crippen LogP contribution is -2.43. The molecule has 0 bridgehead atoms. The summed E-state index contributed by atoms with van der Waals surface area (Å²) < 4.78 is 18.4. The molecule has 1 aliphatic carbocycles. The van der Waals surface area contributed by atoms with E-state index < -0.39 is 17.4 Å². The molecule has 5 N–H and O–H groups in total. The smallest absolute Gasteiger partial charge is 0.329 e. The van der Waals surface area contributed by atoms with Crippen LogP contribution in [0.5, 0.6) is 5.75 Å². The Bertz CT molecular complexity index is 1010. The van der Waals surface area contributed by atoms with Gasteiger partial charge in [0.25, 0.3) is 5.91 Å². The Morgan fingerprint density at radius 1 is 1.24 bits per heavy atom. The summed E-state index contributed by atoms with van der Waals surface area (Å²) in [6.07, 6.45) is 3.78. The number of benzene rings is 2. The number of rotatable bonds is 7. The minimum absolute atomic E-state index is 0.0160. The van der Waals surface area contributed by atoms with Gasteiger partial charge in [0.1, 0.15) is 17.1 Å². The Morgan fingerprint density at radius 3 is 2.45 bits per heavy atom. The Morgan fingerprint density at radius 2 is 1.90 bits per heavy atom. The monoisotopic (exact) mass is 397 g/mol. The van der Waals surface area contributed by atoms with Crippen LogP contribution >= 0.6 is 0 Å². The summed E-state index contributed by atoms with van der Waals surface area (Å²) in [5.41, 5.74) is 5.95. The average molecular weight is 397 g/mol. The summed E-state index contributed by atoms with van der Waals surface area (Å²) in [4.78, 5) is 24.0. The highest BCUT2D eigenvalue weighted by Crippen LogP contribution is 2.37. The van der Waals surface area contributed by atoms with Crippen LogP contribution in [0.15, 0.2) is 42.5 Å². The summed E-state index contributed by atoms with van der Waals surface area (Å²) in [6, 6.07) is 8.63. The number of nitrogens with one attached hydrogen (secondary N) is 2. The fraction of sp³-hybridized carbons (Fsp3) is 0.190. The third-order valence-electron chi connectivity index (χ3n) is 4.73. The lowest BCUT2D eigenvalue weighted by molar-refractivity contribution is -0.140. The summed E-state index contributed by atoms with van der Waals surface area (Å²) in [7, 11) is 1.34. The van der Waals surface area contributed by atoms with Gasteiger partial charge >= 0.3 is 5.97 Å². The van der Waals surface area contributed by atoms with Crippen molar-refractivity contribution in [3.63, 3.8) is 0 Å². The average Bonchev–Trinajstić information content (AvgIpc) is 3.47. The maximum atomic E-state index is 13.0. The van der Waals surface area contributed by atoms with E-state index in [4.69, 9.17) is 15.9 Å². The Hall–Kier alpha value is -3.68. The predicted molar refractivity (Wildman–Crippen MR) is 107 cm³/mol. The zero-order chi connectivity index (χ0) is 21.2. The fourth-order valence-corrected chi connectivity index (χ4v) is 2.91. The number of carbonyl (C=O) groups excluding carboxylic acids is 1. The molecule has 8 heteroatoms. The fourth-order valence-electron chi connectivity index (χ4n) is 2.91. The number of nitrogen functional groups attached to an aromatic ring is 1. The van der Waals surface area contributed by atoms with Crippen molar-refractivity contribution >= 4 is 29.4 Å². The van der Waals surface area contributed by atoms with Gasteiger partial charge in [-0.25, -0.2) is 9.18 Å². The quantitative estimate of drug-likeness (QED) is 0.422. The number of aliphatic carboxylic acids is 1. The first-order valence-electron chi connectivity index (χ1n) is 8.82. The SMILES string of the molecule is COc1c(C(=O)NC2(C(=O)O)CC2)ccc(N)c1C(=N)/C=C/c1ccc(F)cc1. The first kappa shape index (κ1) is 20.1. The number of nitrogens with two attached hydrogens (primary N) is 1. The molecule has 0 radical (unpaired) electrons. The Labute approximate surface area is 166 Å². The molecule has 0 heterocycles. The molecule has 150 valence electrons. The topological polar surface area (TPSA) is 126 Å². The van der Waals surface area contributed by atoms with Gasteiger partial charge in [-0.3, -0.25) is 4.79 Å². The number of carbonyl (C=O) groups is 2. The molecule has 7 nitrogen and oxygen atoms in total. The van der Waals surface area contributed by atoms with Crippen LogP contribution < -0.4 is 15.8 Å². The summed E-state index contributed by atoms with van der Waals surface area (Å²) in [5, 5.41) is 20.2. The van der Waals surface area contributed by atoms with E-state index in [0.717, 1.165) is 0 Å². The molecule has 29 heavy (non-hydrogen) atoms. The summed E-state index contributed by atoms with van der Waals surface area (Å²) in [5.74, 6) is -1.98. The number of allylic oxidation sites excluding steroid dienone is 1. The molecule has 0 atom stereocenters. The first-order valence-corrected chi connectivity index (χ1v) is 8.82. The molecule has 1 fully saturated rings. The lowest BCUT2D eigenvalue weighted by Gasteiger charge is -2.17. The predicted octanol–water partition coefficient (Wildman–Crippen LogP) is 2.84. The van der Waals surface area contributed by atoms with E-state index in [2.05, 4.69) is 5.32 Å². The van der Waals surface area contributed by atoms with Gasteiger partial charge in [0, 0.05) is 5.69 Å². The van der Waals surface area contributed by atoms with Crippen molar-refractivity contribution in [2.24, 2.45) is 0 Å². The largest absolute Gasteiger partial charge is 0.495 e. The molecule has 0 aliphatic heterocycles. The molecule has 0 aromatic heterocycles. The Balaban J connectivity index is 1.91. The zero-order valence-electron chi connectivity index (χ0n) is 15.7. The maximum Gasteiger partial charge on any atom is 0.329 e. The highest BCUT2D eigenvalue weighted by Gasteiger charge is 2.52. The van der Waals surface area contributed by atoms with Gasteiger partial charge in [-0.2, -0.15) is 0 Å². The van der Waals surface area contributed by atoms with Crippen LogP contribution in [-0.4, -0.2) is 35.3 Å². The third-order valence-corrected chi connectivity index (χ3v) is 4.73. The van der Waals surface area contributed by atoms with Crippen LogP contribution in [0.1, 0.15) is 34.3 Å². The normalized spacial score (nSPS) is 14.4. The number of carboxylic acid groups (broad SMARTS) is 1. The van der Waals surface area contributed by atoms with Crippen molar-refractivity contribution in [2.45, 2.75) is 18.4 Å². The number of carboxylic acids is 1. The molecule has 1 aliphatic rings. The molecular formula is C21H20FN3O4. The number of methoxy groups -OCH3 is 1. The van der Waals surface area contributed by atoms with Crippen LogP contribution in [0.4, 0.5) is 10.1 Å². The van der Waals surface area contributed by atoms with Gasteiger partial charge in [0.2, 0.25) is 0 Å². The van der Waals surface area contributed by atoms with Gasteiger partial charge < -0.3 is 26.3 Å². The Kier molecular flexibility index (Phi) is 5.36. The van der Waals surface area contributed by atoms with Crippen molar-refractivity contribution in [3.05, 3.63) is 65.0 Å². The second-order valence-corrected chi connectivity index (χ2v) is 6.75. The molecule has 0 unspecified atom stereocenters. The van der Waals surface area contributed by atoms with E-state index in [9.17, 15) is 19.1 Å². The van der Waals surface area contributed by atoms with Crippen molar-refractivity contribution in [2.75, 3.05) is 12.8 Å². The van der Waals surface area contributed by atoms with Crippen molar-refractivity contribution in [1.29, 1.82) is 5.41 Å². The number of amides is 1. The van der Waals surface area contributed by atoms with E-state index in [0.29, 0.717) is 18.4 Å². The lowest BCUT2D eigenvalue weighted by atomic mass is 10.0. The maximum absolute atomic E-state index is 13.0. The standard InChI is InChI=1S/C21H20FN3O4/c1-29-18-14(19(26)25-21(10-11-21)20(27)28)7-9-16(24)17(18)15(23)8-4-12-2-5-13(22)6-3-12/h2-9,23H,10-11,24H2,1H3,(H,25,26)(H,27,28)/b8-4+,23-15?. The van der Waals surface area contributed by atoms with Crippen LogP contribution in [0, 0.1) is 11.2 Å². The minimum Gasteiger partial charge on any atom is -0.495 e. The van der Waals surface area contributed by atoms with Crippen LogP contribution in [0.3, 0.4) is 0 Å². The van der Waals surface area contributed by atoms with E-state index in [1.807, 2.05) is 0 Å². The number of hydrogen-bond donors (Lipinski definition) is 4. The zero-order valence-corrected chi connectivity index (χ0v) is 15.7. The molecule has 1 amide bonds. The van der Waals surface area contributed by atoms with Gasteiger partial charge in [-0.15, -0.1) is 0 Å². The minimum atomic E-state index is -1.25. The van der Waals surface area contributed by atoms with Crippen LogP contribution in [0.25, 0.3) is 6.08 Å². The van der Waals surface area contributed by atoms with Crippen molar-refractivity contribution < 1.29 is 23.8 Å². The summed E-state index contributed by atoms with van der Waals surface area (Å²) >= 11 is 0. The molecule has 1 saturated carbocycles. The van der Waals surface area contributed by atoms with E-state index >= 15 is 0 Å².